The van der Waals surface area contributed by atoms with Gasteiger partial charge < -0.3 is 5.73 Å². The van der Waals surface area contributed by atoms with Gasteiger partial charge in [0.2, 0.25) is 0 Å². The SMILES string of the molecule is C=[P+](O)OCCN. The lowest BCUT2D eigenvalue weighted by molar-refractivity contribution is 0.333. The molecule has 0 saturated carbocycles. The Morgan fingerprint density at radius 1 is 1.86 bits per heavy atom. The summed E-state index contributed by atoms with van der Waals surface area (Å²) in [5, 5.41) is 0. The molecule has 0 aliphatic heterocycles. The summed E-state index contributed by atoms with van der Waals surface area (Å²) in [5.41, 5.74) is 5.02. The van der Waals surface area contributed by atoms with Crippen molar-refractivity contribution in [3.8, 4) is 0 Å². The first kappa shape index (κ1) is 7.05. The molecule has 0 aromatic carbocycles. The van der Waals surface area contributed by atoms with E-state index in [4.69, 9.17) is 10.6 Å². The lowest BCUT2D eigenvalue weighted by Crippen LogP contribution is -2.04. The zero-order valence-corrected chi connectivity index (χ0v) is 4.90. The molecule has 3 nitrogen and oxygen atoms in total. The van der Waals surface area contributed by atoms with Crippen LogP contribution in [0.5, 0.6) is 0 Å². The second-order valence-electron chi connectivity index (χ2n) is 0.974. The van der Waals surface area contributed by atoms with Gasteiger partial charge in [-0.1, -0.05) is 0 Å². The van der Waals surface area contributed by atoms with Crippen LogP contribution >= 0.6 is 8.00 Å². The highest BCUT2D eigenvalue weighted by molar-refractivity contribution is 7.44. The Hall–Kier alpha value is 0.0500. The number of hydrogen-bond acceptors (Lipinski definition) is 3. The van der Waals surface area contributed by atoms with Gasteiger partial charge in [0.1, 0.15) is 12.9 Å². The predicted molar refractivity (Wildman–Crippen MR) is 31.3 cm³/mol. The third-order valence-corrected chi connectivity index (χ3v) is 0.839. The van der Waals surface area contributed by atoms with Crippen molar-refractivity contribution in [2.24, 2.45) is 5.73 Å². The molecule has 1 atom stereocenters. The number of nitrogens with two attached hydrogens (primary N) is 1. The summed E-state index contributed by atoms with van der Waals surface area (Å²) < 4.78 is 4.58. The number of hydrogen-bond donors (Lipinski definition) is 2. The first-order valence-electron chi connectivity index (χ1n) is 1.90. The van der Waals surface area contributed by atoms with Crippen LogP contribution in [0.1, 0.15) is 0 Å². The zero-order valence-electron chi connectivity index (χ0n) is 4.00. The monoisotopic (exact) mass is 122 g/mol. The van der Waals surface area contributed by atoms with Gasteiger partial charge in [-0.2, -0.15) is 9.42 Å². The van der Waals surface area contributed by atoms with Crippen molar-refractivity contribution in [2.75, 3.05) is 13.2 Å². The summed E-state index contributed by atoms with van der Waals surface area (Å²) in [6.07, 6.45) is 3.22. The summed E-state index contributed by atoms with van der Waals surface area (Å²) >= 11 is 0. The van der Waals surface area contributed by atoms with Gasteiger partial charge in [-0.3, -0.25) is 0 Å². The van der Waals surface area contributed by atoms with Crippen LogP contribution < -0.4 is 5.73 Å². The second-order valence-corrected chi connectivity index (χ2v) is 1.94. The van der Waals surface area contributed by atoms with Crippen molar-refractivity contribution in [3.05, 3.63) is 0 Å². The van der Waals surface area contributed by atoms with Crippen LogP contribution in [0.25, 0.3) is 0 Å². The van der Waals surface area contributed by atoms with Gasteiger partial charge in [0.25, 0.3) is 0 Å². The quantitative estimate of drug-likeness (QED) is 0.505. The molecule has 0 spiro atoms. The molecule has 0 bridgehead atoms. The van der Waals surface area contributed by atoms with Gasteiger partial charge in [-0.05, 0) is 0 Å². The van der Waals surface area contributed by atoms with Gasteiger partial charge in [-0.15, -0.1) is 0 Å². The highest BCUT2D eigenvalue weighted by atomic mass is 31.1. The lowest BCUT2D eigenvalue weighted by Gasteiger charge is -1.81. The van der Waals surface area contributed by atoms with Crippen LogP contribution in [0.3, 0.4) is 0 Å². The zero-order chi connectivity index (χ0) is 5.70. The molecule has 0 heterocycles. The minimum Gasteiger partial charge on any atom is -0.328 e. The van der Waals surface area contributed by atoms with E-state index in [1.54, 1.807) is 0 Å². The molecule has 0 radical (unpaired) electrons. The summed E-state index contributed by atoms with van der Waals surface area (Å²) in [4.78, 5) is 8.36. The first-order chi connectivity index (χ1) is 3.27. The third kappa shape index (κ3) is 6.05. The molecule has 1 unspecified atom stereocenters. The van der Waals surface area contributed by atoms with Gasteiger partial charge in [0.15, 0.2) is 0 Å². The Morgan fingerprint density at radius 2 is 2.43 bits per heavy atom. The Labute approximate surface area is 43.6 Å². The van der Waals surface area contributed by atoms with Gasteiger partial charge in [-0.25, -0.2) is 0 Å². The molecule has 0 rings (SSSR count). The molecule has 0 saturated heterocycles. The van der Waals surface area contributed by atoms with Crippen LogP contribution in [-0.2, 0) is 4.52 Å². The summed E-state index contributed by atoms with van der Waals surface area (Å²) in [6.45, 7) is 0.834. The molecule has 7 heavy (non-hydrogen) atoms. The Morgan fingerprint density at radius 3 is 2.57 bits per heavy atom. The maximum Gasteiger partial charge on any atom is 0.420 e. The van der Waals surface area contributed by atoms with E-state index in [1.165, 1.54) is 0 Å². The van der Waals surface area contributed by atoms with Gasteiger partial charge >= 0.3 is 8.00 Å². The van der Waals surface area contributed by atoms with Crippen LogP contribution in [0, 0.1) is 0 Å². The molecule has 0 aromatic heterocycles. The maximum absolute atomic E-state index is 8.36. The molecule has 42 valence electrons. The highest BCUT2D eigenvalue weighted by Crippen LogP contribution is 2.11. The highest BCUT2D eigenvalue weighted by Gasteiger charge is 1.96. The van der Waals surface area contributed by atoms with E-state index < -0.39 is 8.00 Å². The summed E-state index contributed by atoms with van der Waals surface area (Å²) in [6, 6.07) is 0. The molecule has 0 fully saturated rings. The average molecular weight is 122 g/mol. The number of rotatable bonds is 3. The molecule has 0 amide bonds. The Balaban J connectivity index is 2.82. The molecular formula is C3H9NO2P+. The summed E-state index contributed by atoms with van der Waals surface area (Å²) in [7, 11) is -1.44. The topological polar surface area (TPSA) is 55.5 Å². The molecule has 0 aliphatic rings. The third-order valence-electron chi connectivity index (χ3n) is 0.358. The summed E-state index contributed by atoms with van der Waals surface area (Å²) in [5.74, 6) is 0. The van der Waals surface area contributed by atoms with E-state index in [9.17, 15) is 0 Å². The molecule has 0 aliphatic carbocycles. The molecule has 4 heteroatoms. The maximum atomic E-state index is 8.36. The molecule has 3 N–H and O–H groups in total. The van der Waals surface area contributed by atoms with E-state index in [-0.39, 0.29) is 0 Å². The van der Waals surface area contributed by atoms with Gasteiger partial charge in [0, 0.05) is 6.54 Å². The van der Waals surface area contributed by atoms with Crippen molar-refractivity contribution >= 4 is 14.3 Å². The minimum absolute atomic E-state index is 0.395. The van der Waals surface area contributed by atoms with E-state index in [0.717, 1.165) is 0 Å². The fraction of sp³-hybridized carbons (Fsp3) is 0.667. The van der Waals surface area contributed by atoms with Crippen molar-refractivity contribution < 1.29 is 9.42 Å². The van der Waals surface area contributed by atoms with E-state index >= 15 is 0 Å². The smallest absolute Gasteiger partial charge is 0.328 e. The van der Waals surface area contributed by atoms with Crippen molar-refractivity contribution in [3.63, 3.8) is 0 Å². The van der Waals surface area contributed by atoms with Crippen LogP contribution in [-0.4, -0.2) is 24.3 Å². The normalized spacial score (nSPS) is 11.4. The molecule has 0 aromatic rings. The Bertz CT molecular complexity index is 66.0. The fourth-order valence-electron chi connectivity index (χ4n) is 0.158. The fourth-order valence-corrected chi connectivity index (χ4v) is 0.474. The van der Waals surface area contributed by atoms with E-state index in [0.29, 0.717) is 13.2 Å². The van der Waals surface area contributed by atoms with E-state index in [1.807, 2.05) is 0 Å². The minimum atomic E-state index is -1.44. The average Bonchev–Trinajstić information content (AvgIpc) is 1.61. The van der Waals surface area contributed by atoms with Crippen molar-refractivity contribution in [1.29, 1.82) is 0 Å². The van der Waals surface area contributed by atoms with Gasteiger partial charge in [0.05, 0.1) is 0 Å². The standard InChI is InChI=1S/C3H9NO2P/c1-7(5)6-3-2-4/h5H,1-4H2/q+1. The second kappa shape index (κ2) is 4.22. The van der Waals surface area contributed by atoms with Crippen molar-refractivity contribution in [1.82, 2.24) is 0 Å². The lowest BCUT2D eigenvalue weighted by atomic mass is 10.8. The van der Waals surface area contributed by atoms with Crippen LogP contribution in [0.2, 0.25) is 0 Å². The predicted octanol–water partition coefficient (Wildman–Crippen LogP) is -0.302. The van der Waals surface area contributed by atoms with E-state index in [2.05, 4.69) is 10.8 Å². The largest absolute Gasteiger partial charge is 0.420 e. The van der Waals surface area contributed by atoms with Crippen LogP contribution in [0.15, 0.2) is 0 Å². The molecular weight excluding hydrogens is 113 g/mol. The Kier molecular flexibility index (Phi) is 4.25. The van der Waals surface area contributed by atoms with Crippen LogP contribution in [0.4, 0.5) is 0 Å². The first-order valence-corrected chi connectivity index (χ1v) is 3.29. The van der Waals surface area contributed by atoms with Crippen molar-refractivity contribution in [2.45, 2.75) is 0 Å².